The van der Waals surface area contributed by atoms with Gasteiger partial charge in [0.05, 0.1) is 0 Å². The second-order valence-electron chi connectivity index (χ2n) is 4.23. The molecule has 0 unspecified atom stereocenters. The molecule has 0 aromatic heterocycles. The van der Waals surface area contributed by atoms with Crippen molar-refractivity contribution < 1.29 is 0 Å². The van der Waals surface area contributed by atoms with Crippen molar-refractivity contribution in [2.45, 2.75) is 13.8 Å². The van der Waals surface area contributed by atoms with E-state index in [0.29, 0.717) is 0 Å². The fourth-order valence-electron chi connectivity index (χ4n) is 2.44. The summed E-state index contributed by atoms with van der Waals surface area (Å²) in [5.41, 5.74) is 5.46. The van der Waals surface area contributed by atoms with Gasteiger partial charge in [0, 0.05) is 5.02 Å². The average molecular weight is 215 g/mol. The summed E-state index contributed by atoms with van der Waals surface area (Å²) in [6, 6.07) is 6.14. The predicted octanol–water partition coefficient (Wildman–Crippen LogP) is 2.56. The van der Waals surface area contributed by atoms with Crippen molar-refractivity contribution in [2.75, 3.05) is 0 Å². The Balaban J connectivity index is 2.55. The molecule has 0 fully saturated rings. The zero-order chi connectivity index (χ0) is 10.6. The summed E-state index contributed by atoms with van der Waals surface area (Å²) in [7, 11) is 0. The number of allylic oxidation sites excluding steroid dienone is 4. The first-order valence-corrected chi connectivity index (χ1v) is 5.47. The van der Waals surface area contributed by atoms with Crippen LogP contribution in [0, 0.1) is 0 Å². The molecule has 0 heterocycles. The van der Waals surface area contributed by atoms with Gasteiger partial charge in [0.2, 0.25) is 0 Å². The van der Waals surface area contributed by atoms with Gasteiger partial charge in [0.25, 0.3) is 0 Å². The van der Waals surface area contributed by atoms with Crippen LogP contribution in [0.15, 0.2) is 41.5 Å². The highest BCUT2D eigenvalue weighted by Gasteiger charge is 2.22. The molecule has 0 spiro atoms. The van der Waals surface area contributed by atoms with Gasteiger partial charge in [-0.3, -0.25) is 0 Å². The van der Waals surface area contributed by atoms with E-state index in [1.807, 2.05) is 6.07 Å². The van der Waals surface area contributed by atoms with Gasteiger partial charge in [0.15, 0.2) is 0 Å². The Kier molecular flexibility index (Phi) is 1.72. The molecule has 0 amide bonds. The lowest BCUT2D eigenvalue weighted by Gasteiger charge is -1.99. The van der Waals surface area contributed by atoms with Crippen molar-refractivity contribution >= 4 is 22.7 Å². The third-order valence-electron chi connectivity index (χ3n) is 3.02. The maximum Gasteiger partial charge on any atom is 0.0412 e. The lowest BCUT2D eigenvalue weighted by atomic mass is 10.0. The second-order valence-corrected chi connectivity index (χ2v) is 4.66. The van der Waals surface area contributed by atoms with E-state index in [1.54, 1.807) is 0 Å². The molecule has 1 aromatic carbocycles. The molecule has 2 bridgehead atoms. The molecule has 0 aliphatic heterocycles. The number of hydrogen-bond acceptors (Lipinski definition) is 0. The molecular weight excluding hydrogens is 204 g/mol. The molecule has 0 atom stereocenters. The highest BCUT2D eigenvalue weighted by atomic mass is 35.5. The predicted molar refractivity (Wildman–Crippen MR) is 65.0 cm³/mol. The largest absolute Gasteiger partial charge is 0.0843 e. The van der Waals surface area contributed by atoms with E-state index < -0.39 is 0 Å². The molecule has 0 N–H and O–H groups in total. The summed E-state index contributed by atoms with van der Waals surface area (Å²) in [5, 5.41) is 3.43. The van der Waals surface area contributed by atoms with E-state index in [2.05, 4.69) is 38.1 Å². The van der Waals surface area contributed by atoms with Gasteiger partial charge in [-0.2, -0.15) is 0 Å². The molecule has 0 saturated carbocycles. The third kappa shape index (κ3) is 1.09. The van der Waals surface area contributed by atoms with Crippen molar-refractivity contribution in [3.8, 4) is 0 Å². The van der Waals surface area contributed by atoms with Crippen molar-refractivity contribution in [1.82, 2.24) is 0 Å². The topological polar surface area (TPSA) is 0 Å². The van der Waals surface area contributed by atoms with Gasteiger partial charge < -0.3 is 0 Å². The fraction of sp³-hybridized carbons (Fsp3) is 0.143. The van der Waals surface area contributed by atoms with Crippen molar-refractivity contribution in [2.24, 2.45) is 0 Å². The summed E-state index contributed by atoms with van der Waals surface area (Å²) >= 11 is 6.03. The first-order chi connectivity index (χ1) is 7.18. The van der Waals surface area contributed by atoms with E-state index in [0.717, 1.165) is 5.02 Å². The number of fused-ring (bicyclic) bond motifs is 3. The smallest absolute Gasteiger partial charge is 0.0412 e. The Hall–Kier alpha value is -1.27. The molecule has 74 valence electrons. The molecule has 3 rings (SSSR count). The summed E-state index contributed by atoms with van der Waals surface area (Å²) in [4.78, 5) is 0. The first-order valence-electron chi connectivity index (χ1n) is 5.09. The number of halogens is 1. The summed E-state index contributed by atoms with van der Waals surface area (Å²) < 4.78 is 0. The van der Waals surface area contributed by atoms with Crippen LogP contribution in [0.2, 0.25) is 5.02 Å². The number of hydrogen-bond donors (Lipinski definition) is 0. The van der Waals surface area contributed by atoms with E-state index in [4.69, 9.17) is 11.6 Å². The molecule has 2 aliphatic rings. The molecule has 0 nitrogen and oxygen atoms in total. The van der Waals surface area contributed by atoms with Crippen LogP contribution in [0.1, 0.15) is 13.8 Å². The third-order valence-corrected chi connectivity index (χ3v) is 3.25. The van der Waals surface area contributed by atoms with Gasteiger partial charge in [-0.15, -0.1) is 0 Å². The van der Waals surface area contributed by atoms with Crippen LogP contribution in [0.5, 0.6) is 0 Å². The molecule has 1 heteroatoms. The monoisotopic (exact) mass is 214 g/mol. The molecule has 15 heavy (non-hydrogen) atoms. The molecule has 2 aliphatic carbocycles. The van der Waals surface area contributed by atoms with Gasteiger partial charge in [0.1, 0.15) is 0 Å². The zero-order valence-electron chi connectivity index (χ0n) is 8.76. The Bertz CT molecular complexity index is 638. The van der Waals surface area contributed by atoms with E-state index in [9.17, 15) is 0 Å². The normalized spacial score (nSPS) is 16.3. The molecule has 1 aromatic rings. The lowest BCUT2D eigenvalue weighted by Crippen LogP contribution is -2.24. The Morgan fingerprint density at radius 2 is 1.67 bits per heavy atom. The van der Waals surface area contributed by atoms with Gasteiger partial charge in [-0.05, 0) is 53.1 Å². The molecule has 0 saturated heterocycles. The standard InChI is InChI=1S/C14H11Cl/c1-8(2)14-11-5-6-12(14)13-7-9(15)3-4-10(11)13/h3-7H,1-2H3. The number of rotatable bonds is 0. The molecular formula is C14H11Cl. The average Bonchev–Trinajstić information content (AvgIpc) is 2.72. The van der Waals surface area contributed by atoms with E-state index in [-0.39, 0.29) is 0 Å². The maximum absolute atomic E-state index is 6.03. The highest BCUT2D eigenvalue weighted by molar-refractivity contribution is 6.30. The quantitative estimate of drug-likeness (QED) is 0.623. The minimum absolute atomic E-state index is 0.816. The maximum atomic E-state index is 6.03. The van der Waals surface area contributed by atoms with Crippen molar-refractivity contribution in [3.05, 3.63) is 57.0 Å². The summed E-state index contributed by atoms with van der Waals surface area (Å²) in [6.45, 7) is 4.33. The van der Waals surface area contributed by atoms with Crippen LogP contribution in [-0.2, 0) is 0 Å². The van der Waals surface area contributed by atoms with Crippen LogP contribution in [-0.4, -0.2) is 0 Å². The second kappa shape index (κ2) is 2.86. The van der Waals surface area contributed by atoms with Crippen LogP contribution in [0.4, 0.5) is 0 Å². The first kappa shape index (κ1) is 8.99. The van der Waals surface area contributed by atoms with E-state index >= 15 is 0 Å². The van der Waals surface area contributed by atoms with E-state index in [1.165, 1.54) is 32.7 Å². The van der Waals surface area contributed by atoms with Gasteiger partial charge in [-0.25, -0.2) is 0 Å². The summed E-state index contributed by atoms with van der Waals surface area (Å²) in [5.74, 6) is 0. The Morgan fingerprint density at radius 3 is 2.33 bits per heavy atom. The van der Waals surface area contributed by atoms with Crippen LogP contribution in [0.3, 0.4) is 0 Å². The Labute approximate surface area is 93.9 Å². The fourth-order valence-corrected chi connectivity index (χ4v) is 2.61. The van der Waals surface area contributed by atoms with Crippen LogP contribution in [0.25, 0.3) is 11.1 Å². The lowest BCUT2D eigenvalue weighted by molar-refractivity contribution is 1.37. The zero-order valence-corrected chi connectivity index (χ0v) is 9.52. The van der Waals surface area contributed by atoms with Gasteiger partial charge in [-0.1, -0.05) is 35.4 Å². The highest BCUT2D eigenvalue weighted by Crippen LogP contribution is 2.34. The van der Waals surface area contributed by atoms with Crippen LogP contribution >= 0.6 is 11.6 Å². The molecule has 0 radical (unpaired) electrons. The van der Waals surface area contributed by atoms with Crippen LogP contribution < -0.4 is 10.4 Å². The number of benzene rings is 1. The minimum Gasteiger partial charge on any atom is -0.0843 e. The van der Waals surface area contributed by atoms with Gasteiger partial charge >= 0.3 is 0 Å². The summed E-state index contributed by atoms with van der Waals surface area (Å²) in [6.07, 6.45) is 4.39. The van der Waals surface area contributed by atoms with Crippen molar-refractivity contribution in [3.63, 3.8) is 0 Å². The minimum atomic E-state index is 0.816. The van der Waals surface area contributed by atoms with Crippen molar-refractivity contribution in [1.29, 1.82) is 0 Å². The Morgan fingerprint density at radius 1 is 1.00 bits per heavy atom. The SMILES string of the molecule is CC(C)=C1C2=c3ccc(Cl)cc3=C1C=C2.